The van der Waals surface area contributed by atoms with Gasteiger partial charge in [0, 0.05) is 20.6 Å². The van der Waals surface area contributed by atoms with Gasteiger partial charge in [-0.2, -0.15) is 0 Å². The molecule has 0 radical (unpaired) electrons. The summed E-state index contributed by atoms with van der Waals surface area (Å²) >= 11 is 10.4. The van der Waals surface area contributed by atoms with E-state index in [1.807, 2.05) is 19.1 Å². The molecule has 100 valence electrons. The summed E-state index contributed by atoms with van der Waals surface area (Å²) in [7, 11) is 0. The Labute approximate surface area is 135 Å². The first-order valence-electron chi connectivity index (χ1n) is 5.44. The number of rotatable bonds is 2. The van der Waals surface area contributed by atoms with Crippen LogP contribution in [-0.2, 0) is 0 Å². The molecule has 0 aromatic heterocycles. The van der Waals surface area contributed by atoms with Crippen LogP contribution < -0.4 is 0 Å². The molecule has 0 spiro atoms. The van der Waals surface area contributed by atoms with Gasteiger partial charge in [0.05, 0.1) is 4.83 Å². The van der Waals surface area contributed by atoms with Gasteiger partial charge < -0.3 is 0 Å². The lowest BCUT2D eigenvalue weighted by molar-refractivity contribution is 0.574. The molecule has 0 bridgehead atoms. The van der Waals surface area contributed by atoms with Crippen molar-refractivity contribution in [3.05, 3.63) is 67.6 Å². The molecule has 0 aliphatic carbocycles. The Balaban J connectivity index is 2.49. The Kier molecular flexibility index (Phi) is 4.79. The van der Waals surface area contributed by atoms with Gasteiger partial charge in [0.1, 0.15) is 11.6 Å². The van der Waals surface area contributed by atoms with Gasteiger partial charge in [-0.3, -0.25) is 0 Å². The third-order valence-corrected chi connectivity index (χ3v) is 5.31. The number of aryl methyl sites for hydroxylation is 1. The first kappa shape index (κ1) is 15.1. The fraction of sp³-hybridized carbons (Fsp3) is 0.143. The zero-order chi connectivity index (χ0) is 14.2. The van der Waals surface area contributed by atoms with E-state index in [1.165, 1.54) is 12.1 Å². The van der Waals surface area contributed by atoms with Crippen molar-refractivity contribution in [3.63, 3.8) is 0 Å². The Morgan fingerprint density at radius 1 is 0.947 bits per heavy atom. The van der Waals surface area contributed by atoms with Crippen molar-refractivity contribution in [1.29, 1.82) is 0 Å². The smallest absolute Gasteiger partial charge is 0.130 e. The van der Waals surface area contributed by atoms with Crippen LogP contribution in [0.2, 0.25) is 0 Å². The van der Waals surface area contributed by atoms with Crippen LogP contribution in [0, 0.1) is 18.6 Å². The molecule has 0 aliphatic heterocycles. The Bertz CT molecular complexity index is 626. The third kappa shape index (κ3) is 3.26. The molecule has 2 aromatic carbocycles. The highest BCUT2D eigenvalue weighted by Crippen LogP contribution is 2.39. The van der Waals surface area contributed by atoms with Crippen LogP contribution in [-0.4, -0.2) is 0 Å². The van der Waals surface area contributed by atoms with E-state index in [0.717, 1.165) is 26.1 Å². The second kappa shape index (κ2) is 6.02. The van der Waals surface area contributed by atoms with Crippen molar-refractivity contribution in [2.45, 2.75) is 11.8 Å². The van der Waals surface area contributed by atoms with Gasteiger partial charge in [-0.15, -0.1) is 0 Å². The number of alkyl halides is 1. The molecule has 0 saturated heterocycles. The van der Waals surface area contributed by atoms with Crippen molar-refractivity contribution in [2.24, 2.45) is 0 Å². The fourth-order valence-electron chi connectivity index (χ4n) is 1.73. The van der Waals surface area contributed by atoms with Gasteiger partial charge in [-0.1, -0.05) is 53.9 Å². The average Bonchev–Trinajstić information content (AvgIpc) is 2.33. The maximum Gasteiger partial charge on any atom is 0.130 e. The predicted molar refractivity (Wildman–Crippen MR) is 83.7 cm³/mol. The van der Waals surface area contributed by atoms with Gasteiger partial charge in [0.15, 0.2) is 0 Å². The molecule has 1 atom stereocenters. The lowest BCUT2D eigenvalue weighted by Gasteiger charge is -2.15. The van der Waals surface area contributed by atoms with E-state index in [4.69, 9.17) is 0 Å². The minimum absolute atomic E-state index is 0.348. The second-order valence-electron chi connectivity index (χ2n) is 4.15. The lowest BCUT2D eigenvalue weighted by atomic mass is 10.0. The van der Waals surface area contributed by atoms with Crippen LogP contribution in [0.15, 0.2) is 39.3 Å². The third-order valence-electron chi connectivity index (χ3n) is 2.79. The fourth-order valence-corrected chi connectivity index (χ4v) is 3.84. The Hall–Kier alpha value is -0.260. The van der Waals surface area contributed by atoms with E-state index >= 15 is 0 Å². The molecule has 0 N–H and O–H groups in total. The van der Waals surface area contributed by atoms with E-state index in [0.29, 0.717) is 5.56 Å². The molecule has 0 nitrogen and oxygen atoms in total. The lowest BCUT2D eigenvalue weighted by Crippen LogP contribution is -1.99. The quantitative estimate of drug-likeness (QED) is 0.468. The predicted octanol–water partition coefficient (Wildman–Crippen LogP) is 6.28. The zero-order valence-corrected chi connectivity index (χ0v) is 14.6. The van der Waals surface area contributed by atoms with E-state index in [1.54, 1.807) is 0 Å². The average molecular weight is 455 g/mol. The summed E-state index contributed by atoms with van der Waals surface area (Å²) in [6, 6.07) is 7.46. The van der Waals surface area contributed by atoms with Crippen molar-refractivity contribution in [3.8, 4) is 0 Å². The van der Waals surface area contributed by atoms with Crippen molar-refractivity contribution >= 4 is 47.8 Å². The highest BCUT2D eigenvalue weighted by molar-refractivity contribution is 9.11. The molecule has 0 aliphatic rings. The summed E-state index contributed by atoms with van der Waals surface area (Å²) in [5.41, 5.74) is 2.36. The Morgan fingerprint density at radius 3 is 2.26 bits per heavy atom. The monoisotopic (exact) mass is 452 g/mol. The van der Waals surface area contributed by atoms with Gasteiger partial charge in [-0.25, -0.2) is 8.78 Å². The molecule has 2 aromatic rings. The topological polar surface area (TPSA) is 0 Å². The molecule has 0 saturated carbocycles. The molecule has 5 heteroatoms. The zero-order valence-electron chi connectivity index (χ0n) is 9.85. The SMILES string of the molecule is Cc1cc(Br)c(C(Br)c2ccc(F)cc2F)cc1Br. The maximum atomic E-state index is 13.8. The number of hydrogen-bond acceptors (Lipinski definition) is 0. The molecular weight excluding hydrogens is 446 g/mol. The van der Waals surface area contributed by atoms with Gasteiger partial charge in [0.2, 0.25) is 0 Å². The number of benzene rings is 2. The molecule has 0 amide bonds. The minimum Gasteiger partial charge on any atom is -0.207 e. The van der Waals surface area contributed by atoms with E-state index in [9.17, 15) is 8.78 Å². The Morgan fingerprint density at radius 2 is 1.63 bits per heavy atom. The van der Waals surface area contributed by atoms with E-state index < -0.39 is 11.6 Å². The minimum atomic E-state index is -0.579. The van der Waals surface area contributed by atoms with E-state index in [2.05, 4.69) is 47.8 Å². The van der Waals surface area contributed by atoms with Crippen LogP contribution in [0.3, 0.4) is 0 Å². The molecular formula is C14H9Br3F2. The first-order valence-corrected chi connectivity index (χ1v) is 7.95. The second-order valence-corrected chi connectivity index (χ2v) is 6.78. The van der Waals surface area contributed by atoms with Crippen LogP contribution in [0.4, 0.5) is 8.78 Å². The van der Waals surface area contributed by atoms with Crippen LogP contribution in [0.25, 0.3) is 0 Å². The van der Waals surface area contributed by atoms with Gasteiger partial charge >= 0.3 is 0 Å². The van der Waals surface area contributed by atoms with Gasteiger partial charge in [-0.05, 0) is 36.2 Å². The largest absolute Gasteiger partial charge is 0.207 e. The van der Waals surface area contributed by atoms with Gasteiger partial charge in [0.25, 0.3) is 0 Å². The first-order chi connectivity index (χ1) is 8.90. The molecule has 0 fully saturated rings. The molecule has 1 unspecified atom stereocenters. The number of halogens is 5. The summed E-state index contributed by atoms with van der Waals surface area (Å²) in [6.07, 6.45) is 0. The normalized spacial score (nSPS) is 12.5. The summed E-state index contributed by atoms with van der Waals surface area (Å²) in [6.45, 7) is 1.97. The molecule has 0 heterocycles. The van der Waals surface area contributed by atoms with Crippen LogP contribution in [0.1, 0.15) is 21.5 Å². The molecule has 2 rings (SSSR count). The van der Waals surface area contributed by atoms with Crippen molar-refractivity contribution in [1.82, 2.24) is 0 Å². The summed E-state index contributed by atoms with van der Waals surface area (Å²) in [5, 5.41) is 0. The van der Waals surface area contributed by atoms with Crippen molar-refractivity contribution < 1.29 is 8.78 Å². The maximum absolute atomic E-state index is 13.8. The summed E-state index contributed by atoms with van der Waals surface area (Å²) < 4.78 is 28.6. The van der Waals surface area contributed by atoms with Crippen LogP contribution >= 0.6 is 47.8 Å². The standard InChI is InChI=1S/C14H9Br3F2/c1-7-4-12(16)10(6-11(7)15)14(17)9-3-2-8(18)5-13(9)19/h2-6,14H,1H3. The summed E-state index contributed by atoms with van der Waals surface area (Å²) in [4.78, 5) is -0.348. The highest BCUT2D eigenvalue weighted by atomic mass is 79.9. The van der Waals surface area contributed by atoms with Crippen molar-refractivity contribution in [2.75, 3.05) is 0 Å². The number of hydrogen-bond donors (Lipinski definition) is 0. The highest BCUT2D eigenvalue weighted by Gasteiger charge is 2.18. The van der Waals surface area contributed by atoms with E-state index in [-0.39, 0.29) is 4.83 Å². The van der Waals surface area contributed by atoms with Crippen LogP contribution in [0.5, 0.6) is 0 Å². The molecule has 19 heavy (non-hydrogen) atoms. The summed E-state index contributed by atoms with van der Waals surface area (Å²) in [5.74, 6) is -1.14.